The van der Waals surface area contributed by atoms with Crippen LogP contribution in [0.25, 0.3) is 0 Å². The highest BCUT2D eigenvalue weighted by Crippen LogP contribution is 2.47. The summed E-state index contributed by atoms with van der Waals surface area (Å²) in [5, 5.41) is 9.58. The maximum absolute atomic E-state index is 9.58. The van der Waals surface area contributed by atoms with Crippen LogP contribution in [0.3, 0.4) is 0 Å². The van der Waals surface area contributed by atoms with Gasteiger partial charge in [-0.1, -0.05) is 25.5 Å². The van der Waals surface area contributed by atoms with Crippen LogP contribution in [-0.2, 0) is 0 Å². The maximum atomic E-state index is 9.58. The van der Waals surface area contributed by atoms with Gasteiger partial charge in [-0.05, 0) is 43.4 Å². The lowest BCUT2D eigenvalue weighted by Gasteiger charge is -2.43. The lowest BCUT2D eigenvalue weighted by Crippen LogP contribution is -2.34. The quantitative estimate of drug-likeness (QED) is 0.568. The second kappa shape index (κ2) is 3.13. The summed E-state index contributed by atoms with van der Waals surface area (Å²) in [4.78, 5) is 0. The van der Waals surface area contributed by atoms with E-state index >= 15 is 0 Å². The summed E-state index contributed by atoms with van der Waals surface area (Å²) in [6, 6.07) is 0. The van der Waals surface area contributed by atoms with E-state index in [1.54, 1.807) is 0 Å². The average Bonchev–Trinajstić information content (AvgIpc) is 2.02. The van der Waals surface area contributed by atoms with Crippen molar-refractivity contribution in [3.63, 3.8) is 0 Å². The van der Waals surface area contributed by atoms with Gasteiger partial charge in [-0.3, -0.25) is 0 Å². The molecule has 2 atom stereocenters. The Morgan fingerprint density at radius 3 is 2.92 bits per heavy atom. The molecule has 0 bridgehead atoms. The number of aliphatic hydroxyl groups excluding tert-OH is 1. The second-order valence-corrected chi connectivity index (χ2v) is 5.29. The highest BCUT2D eigenvalue weighted by Gasteiger charge is 2.37. The van der Waals surface area contributed by atoms with Crippen molar-refractivity contribution in [2.24, 2.45) is 11.3 Å². The number of hydrogen-bond donors (Lipinski definition) is 1. The van der Waals surface area contributed by atoms with Crippen molar-refractivity contribution >= 4 is 0 Å². The molecule has 1 nitrogen and oxygen atoms in total. The Balaban J connectivity index is 2.19. The third kappa shape index (κ3) is 1.67. The zero-order chi connectivity index (χ0) is 9.47. The van der Waals surface area contributed by atoms with Crippen LogP contribution in [-0.4, -0.2) is 11.2 Å². The molecule has 0 aliphatic heterocycles. The van der Waals surface area contributed by atoms with E-state index < -0.39 is 0 Å². The molecule has 13 heavy (non-hydrogen) atoms. The van der Waals surface area contributed by atoms with Crippen molar-refractivity contribution in [1.82, 2.24) is 0 Å². The highest BCUT2D eigenvalue weighted by atomic mass is 16.3. The van der Waals surface area contributed by atoms with Crippen molar-refractivity contribution < 1.29 is 5.11 Å². The third-order valence-corrected chi connectivity index (χ3v) is 3.85. The summed E-state index contributed by atoms with van der Waals surface area (Å²) in [5.41, 5.74) is 2.01. The predicted octanol–water partition coefficient (Wildman–Crippen LogP) is 2.89. The van der Waals surface area contributed by atoms with E-state index in [2.05, 4.69) is 19.9 Å². The Hall–Kier alpha value is -0.300. The smallest absolute Gasteiger partial charge is 0.0577 e. The molecule has 0 heterocycles. The van der Waals surface area contributed by atoms with Gasteiger partial charge in [0.05, 0.1) is 6.10 Å². The first-order valence-electron chi connectivity index (χ1n) is 5.46. The zero-order valence-corrected chi connectivity index (χ0v) is 8.71. The van der Waals surface area contributed by atoms with Crippen molar-refractivity contribution in [2.45, 2.75) is 52.1 Å². The average molecular weight is 180 g/mol. The molecule has 0 saturated heterocycles. The summed E-state index contributed by atoms with van der Waals surface area (Å²) in [6.07, 6.45) is 7.98. The number of allylic oxidation sites excluding steroid dienone is 1. The molecule has 0 spiro atoms. The van der Waals surface area contributed by atoms with Crippen LogP contribution in [0.5, 0.6) is 0 Å². The number of rotatable bonds is 0. The van der Waals surface area contributed by atoms with Crippen LogP contribution in [0.15, 0.2) is 11.6 Å². The van der Waals surface area contributed by atoms with Crippen LogP contribution in [0, 0.1) is 11.3 Å². The fourth-order valence-corrected chi connectivity index (χ4v) is 2.98. The minimum absolute atomic E-state index is 0.0589. The minimum atomic E-state index is -0.0589. The molecule has 2 aliphatic rings. The van der Waals surface area contributed by atoms with Gasteiger partial charge in [0.25, 0.3) is 0 Å². The van der Waals surface area contributed by atoms with Crippen LogP contribution in [0.4, 0.5) is 0 Å². The molecule has 74 valence electrons. The first-order valence-corrected chi connectivity index (χ1v) is 5.46. The third-order valence-electron chi connectivity index (χ3n) is 3.85. The highest BCUT2D eigenvalue weighted by molar-refractivity contribution is 5.17. The molecule has 1 saturated carbocycles. The molecule has 0 amide bonds. The Labute approximate surface area is 80.8 Å². The normalized spacial score (nSPS) is 37.9. The Bertz CT molecular complexity index is 227. The van der Waals surface area contributed by atoms with E-state index in [1.807, 2.05) is 0 Å². The van der Waals surface area contributed by atoms with Gasteiger partial charge in [0.2, 0.25) is 0 Å². The van der Waals surface area contributed by atoms with Gasteiger partial charge in [0, 0.05) is 0 Å². The maximum Gasteiger partial charge on any atom is 0.0577 e. The monoisotopic (exact) mass is 180 g/mol. The van der Waals surface area contributed by atoms with Gasteiger partial charge in [-0.25, -0.2) is 0 Å². The van der Waals surface area contributed by atoms with E-state index in [-0.39, 0.29) is 6.10 Å². The summed E-state index contributed by atoms with van der Waals surface area (Å²) in [5.74, 6) is 0.754. The molecule has 2 rings (SSSR count). The molecule has 0 aromatic carbocycles. The molecule has 2 aliphatic carbocycles. The fraction of sp³-hybridized carbons (Fsp3) is 0.833. The minimum Gasteiger partial charge on any atom is -0.393 e. The molecule has 0 unspecified atom stereocenters. The molecular weight excluding hydrogens is 160 g/mol. The summed E-state index contributed by atoms with van der Waals surface area (Å²) in [7, 11) is 0. The van der Waals surface area contributed by atoms with Crippen molar-refractivity contribution in [1.29, 1.82) is 0 Å². The van der Waals surface area contributed by atoms with E-state index in [1.165, 1.54) is 24.8 Å². The van der Waals surface area contributed by atoms with Crippen LogP contribution in [0.1, 0.15) is 46.0 Å². The van der Waals surface area contributed by atoms with Crippen LogP contribution >= 0.6 is 0 Å². The van der Waals surface area contributed by atoms with Gasteiger partial charge >= 0.3 is 0 Å². The summed E-state index contributed by atoms with van der Waals surface area (Å²) >= 11 is 0. The van der Waals surface area contributed by atoms with Gasteiger partial charge < -0.3 is 5.11 Å². The van der Waals surface area contributed by atoms with Gasteiger partial charge in [0.1, 0.15) is 0 Å². The predicted molar refractivity (Wildman–Crippen MR) is 54.4 cm³/mol. The molecular formula is C12H20O. The van der Waals surface area contributed by atoms with Crippen LogP contribution < -0.4 is 0 Å². The Morgan fingerprint density at radius 2 is 2.15 bits per heavy atom. The topological polar surface area (TPSA) is 20.2 Å². The van der Waals surface area contributed by atoms with Crippen LogP contribution in [0.2, 0.25) is 0 Å². The fourth-order valence-electron chi connectivity index (χ4n) is 2.98. The first-order chi connectivity index (χ1) is 6.09. The summed E-state index contributed by atoms with van der Waals surface area (Å²) in [6.45, 7) is 4.75. The molecule has 1 fully saturated rings. The standard InChI is InChI=1S/C12H20O/c1-12(2)7-3-4-9-8-10(13)5-6-11(9)12/h4,10-11,13H,3,5-8H2,1-2H3/t10-,11-/m0/s1. The van der Waals surface area contributed by atoms with Crippen molar-refractivity contribution in [3.05, 3.63) is 11.6 Å². The first kappa shape index (κ1) is 9.26. The number of aliphatic hydroxyl groups is 1. The Morgan fingerprint density at radius 1 is 1.38 bits per heavy atom. The van der Waals surface area contributed by atoms with Gasteiger partial charge in [-0.15, -0.1) is 0 Å². The Kier molecular flexibility index (Phi) is 2.23. The largest absolute Gasteiger partial charge is 0.393 e. The molecule has 0 aromatic heterocycles. The van der Waals surface area contributed by atoms with Gasteiger partial charge in [0.15, 0.2) is 0 Å². The molecule has 1 N–H and O–H groups in total. The molecule has 0 radical (unpaired) electrons. The van der Waals surface area contributed by atoms with E-state index in [0.29, 0.717) is 5.41 Å². The van der Waals surface area contributed by atoms with E-state index in [0.717, 1.165) is 18.8 Å². The molecule has 0 aromatic rings. The lowest BCUT2D eigenvalue weighted by molar-refractivity contribution is 0.0939. The molecule has 1 heteroatoms. The van der Waals surface area contributed by atoms with Crippen molar-refractivity contribution in [3.8, 4) is 0 Å². The number of hydrogen-bond acceptors (Lipinski definition) is 1. The van der Waals surface area contributed by atoms with Gasteiger partial charge in [-0.2, -0.15) is 0 Å². The number of fused-ring (bicyclic) bond motifs is 1. The van der Waals surface area contributed by atoms with E-state index in [4.69, 9.17) is 0 Å². The van der Waals surface area contributed by atoms with Crippen molar-refractivity contribution in [2.75, 3.05) is 0 Å². The second-order valence-electron chi connectivity index (χ2n) is 5.29. The lowest BCUT2D eigenvalue weighted by atomic mass is 9.63. The zero-order valence-electron chi connectivity index (χ0n) is 8.71. The summed E-state index contributed by atoms with van der Waals surface area (Å²) < 4.78 is 0. The SMILES string of the molecule is CC1(C)CCC=C2C[C@@H](O)CC[C@@H]21. The van der Waals surface area contributed by atoms with E-state index in [9.17, 15) is 5.11 Å².